The van der Waals surface area contributed by atoms with Crippen molar-refractivity contribution >= 4 is 11.9 Å². The van der Waals surface area contributed by atoms with Gasteiger partial charge in [0.2, 0.25) is 0 Å². The fraction of sp³-hybridized carbons (Fsp3) is 0.529. The molecule has 0 aromatic heterocycles. The molecule has 21 heavy (non-hydrogen) atoms. The van der Waals surface area contributed by atoms with Crippen molar-refractivity contribution in [2.24, 2.45) is 16.8 Å². The van der Waals surface area contributed by atoms with E-state index in [9.17, 15) is 4.79 Å². The van der Waals surface area contributed by atoms with Gasteiger partial charge in [-0.05, 0) is 23.8 Å². The van der Waals surface area contributed by atoms with E-state index in [2.05, 4.69) is 43.3 Å². The zero-order chi connectivity index (χ0) is 15.5. The van der Waals surface area contributed by atoms with Crippen molar-refractivity contribution in [3.8, 4) is 0 Å². The SMILES string of the molecule is CC(C)CN=C1NC(=O)C(CC(C)C)(c2ccccc2)N1. The first-order valence-corrected chi connectivity index (χ1v) is 7.63. The van der Waals surface area contributed by atoms with E-state index in [1.165, 1.54) is 0 Å². The van der Waals surface area contributed by atoms with Crippen LogP contribution in [0.25, 0.3) is 0 Å². The van der Waals surface area contributed by atoms with Crippen LogP contribution >= 0.6 is 0 Å². The Labute approximate surface area is 127 Å². The minimum Gasteiger partial charge on any atom is -0.338 e. The van der Waals surface area contributed by atoms with Crippen LogP contribution in [0.5, 0.6) is 0 Å². The number of hydrogen-bond acceptors (Lipinski definition) is 2. The molecule has 1 aliphatic rings. The molecule has 1 fully saturated rings. The molecule has 1 atom stereocenters. The normalized spacial score (nSPS) is 23.7. The summed E-state index contributed by atoms with van der Waals surface area (Å²) < 4.78 is 0. The van der Waals surface area contributed by atoms with E-state index in [4.69, 9.17) is 0 Å². The van der Waals surface area contributed by atoms with Gasteiger partial charge < -0.3 is 5.32 Å². The van der Waals surface area contributed by atoms with Gasteiger partial charge in [0, 0.05) is 6.54 Å². The number of aliphatic imine (C=N–C) groups is 1. The first-order chi connectivity index (χ1) is 9.94. The Morgan fingerprint density at radius 2 is 1.76 bits per heavy atom. The molecule has 1 aromatic carbocycles. The third-order valence-corrected chi connectivity index (χ3v) is 3.55. The molecule has 1 aliphatic heterocycles. The lowest BCUT2D eigenvalue weighted by atomic mass is 9.82. The van der Waals surface area contributed by atoms with E-state index in [0.29, 0.717) is 24.3 Å². The molecule has 114 valence electrons. The van der Waals surface area contributed by atoms with E-state index in [1.54, 1.807) is 0 Å². The van der Waals surface area contributed by atoms with Gasteiger partial charge in [0.1, 0.15) is 5.54 Å². The Morgan fingerprint density at radius 3 is 2.33 bits per heavy atom. The fourth-order valence-electron chi connectivity index (χ4n) is 2.66. The second-order valence-corrected chi connectivity index (χ2v) is 6.53. The minimum atomic E-state index is -0.703. The highest BCUT2D eigenvalue weighted by molar-refractivity contribution is 6.09. The summed E-state index contributed by atoms with van der Waals surface area (Å²) in [5.41, 5.74) is 0.288. The van der Waals surface area contributed by atoms with Gasteiger partial charge >= 0.3 is 0 Å². The van der Waals surface area contributed by atoms with Gasteiger partial charge in [-0.3, -0.25) is 15.1 Å². The highest BCUT2D eigenvalue weighted by atomic mass is 16.2. The third-order valence-electron chi connectivity index (χ3n) is 3.55. The largest absolute Gasteiger partial charge is 0.338 e. The zero-order valence-corrected chi connectivity index (χ0v) is 13.3. The molecule has 1 saturated heterocycles. The summed E-state index contributed by atoms with van der Waals surface area (Å²) in [5, 5.41) is 6.25. The Kier molecular flexibility index (Phi) is 4.66. The van der Waals surface area contributed by atoms with Crippen molar-refractivity contribution < 1.29 is 4.79 Å². The third kappa shape index (κ3) is 3.43. The smallest absolute Gasteiger partial charge is 0.257 e. The molecule has 0 bridgehead atoms. The van der Waals surface area contributed by atoms with Crippen molar-refractivity contribution in [1.82, 2.24) is 10.6 Å². The molecule has 4 nitrogen and oxygen atoms in total. The molecule has 4 heteroatoms. The molecular formula is C17H25N3O. The van der Waals surface area contributed by atoms with Gasteiger partial charge in [-0.1, -0.05) is 58.0 Å². The Balaban J connectivity index is 2.33. The molecule has 1 heterocycles. The average molecular weight is 287 g/mol. The number of guanidine groups is 1. The number of amides is 1. The standard InChI is InChI=1S/C17H25N3O/c1-12(2)10-17(14-8-6-5-7-9-14)15(21)19-16(20-17)18-11-13(3)4/h5-9,12-13H,10-11H2,1-4H3,(H2,18,19,20,21). The molecule has 2 N–H and O–H groups in total. The molecule has 2 rings (SSSR count). The molecular weight excluding hydrogens is 262 g/mol. The predicted molar refractivity (Wildman–Crippen MR) is 86.0 cm³/mol. The monoisotopic (exact) mass is 287 g/mol. The number of carbonyl (C=O) groups excluding carboxylic acids is 1. The summed E-state index contributed by atoms with van der Waals surface area (Å²) >= 11 is 0. The van der Waals surface area contributed by atoms with Gasteiger partial charge in [0.05, 0.1) is 0 Å². The maximum Gasteiger partial charge on any atom is 0.257 e. The molecule has 1 unspecified atom stereocenters. The summed E-state index contributed by atoms with van der Waals surface area (Å²) in [5.74, 6) is 1.45. The van der Waals surface area contributed by atoms with Crippen molar-refractivity contribution in [1.29, 1.82) is 0 Å². The number of benzene rings is 1. The maximum atomic E-state index is 12.6. The molecule has 0 spiro atoms. The summed E-state index contributed by atoms with van der Waals surface area (Å²) in [7, 11) is 0. The number of rotatable bonds is 5. The van der Waals surface area contributed by atoms with E-state index in [0.717, 1.165) is 12.0 Å². The van der Waals surface area contributed by atoms with Crippen LogP contribution in [0.1, 0.15) is 39.7 Å². The van der Waals surface area contributed by atoms with Gasteiger partial charge in [-0.15, -0.1) is 0 Å². The Bertz CT molecular complexity index is 522. The van der Waals surface area contributed by atoms with Crippen molar-refractivity contribution in [3.63, 3.8) is 0 Å². The second kappa shape index (κ2) is 6.29. The lowest BCUT2D eigenvalue weighted by molar-refractivity contribution is -0.124. The van der Waals surface area contributed by atoms with Crippen molar-refractivity contribution in [2.75, 3.05) is 6.54 Å². The first-order valence-electron chi connectivity index (χ1n) is 7.63. The molecule has 1 aromatic rings. The summed E-state index contributed by atoms with van der Waals surface area (Å²) in [4.78, 5) is 17.1. The van der Waals surface area contributed by atoms with Crippen LogP contribution in [0.3, 0.4) is 0 Å². The molecule has 1 amide bonds. The van der Waals surface area contributed by atoms with Crippen molar-refractivity contribution in [2.45, 2.75) is 39.7 Å². The van der Waals surface area contributed by atoms with Crippen LogP contribution in [-0.4, -0.2) is 18.4 Å². The minimum absolute atomic E-state index is 0.00935. The van der Waals surface area contributed by atoms with Crippen LogP contribution in [0.15, 0.2) is 35.3 Å². The van der Waals surface area contributed by atoms with Gasteiger partial charge in [0.15, 0.2) is 5.96 Å². The van der Waals surface area contributed by atoms with Crippen LogP contribution in [-0.2, 0) is 10.3 Å². The van der Waals surface area contributed by atoms with Gasteiger partial charge in [-0.2, -0.15) is 0 Å². The van der Waals surface area contributed by atoms with E-state index < -0.39 is 5.54 Å². The second-order valence-electron chi connectivity index (χ2n) is 6.53. The average Bonchev–Trinajstić information content (AvgIpc) is 2.74. The zero-order valence-electron chi connectivity index (χ0n) is 13.3. The topological polar surface area (TPSA) is 53.5 Å². The summed E-state index contributed by atoms with van der Waals surface area (Å²) in [6.45, 7) is 9.18. The summed E-state index contributed by atoms with van der Waals surface area (Å²) in [6, 6.07) is 9.90. The predicted octanol–water partition coefficient (Wildman–Crippen LogP) is 2.66. The molecule has 0 saturated carbocycles. The lowest BCUT2D eigenvalue weighted by Crippen LogP contribution is -2.45. The van der Waals surface area contributed by atoms with E-state index in [1.807, 2.05) is 30.3 Å². The van der Waals surface area contributed by atoms with Crippen molar-refractivity contribution in [3.05, 3.63) is 35.9 Å². The van der Waals surface area contributed by atoms with Crippen LogP contribution in [0.2, 0.25) is 0 Å². The highest BCUT2D eigenvalue weighted by Crippen LogP contribution is 2.31. The number of nitrogens with one attached hydrogen (secondary N) is 2. The highest BCUT2D eigenvalue weighted by Gasteiger charge is 2.46. The van der Waals surface area contributed by atoms with Gasteiger partial charge in [-0.25, -0.2) is 0 Å². The number of hydrogen-bond donors (Lipinski definition) is 2. The molecule has 0 radical (unpaired) electrons. The van der Waals surface area contributed by atoms with Crippen LogP contribution in [0.4, 0.5) is 0 Å². The maximum absolute atomic E-state index is 12.6. The number of nitrogens with zero attached hydrogens (tertiary/aromatic N) is 1. The van der Waals surface area contributed by atoms with Gasteiger partial charge in [0.25, 0.3) is 5.91 Å². The summed E-state index contributed by atoms with van der Waals surface area (Å²) in [6.07, 6.45) is 0.740. The Morgan fingerprint density at radius 1 is 1.10 bits per heavy atom. The van der Waals surface area contributed by atoms with Crippen LogP contribution in [0, 0.1) is 11.8 Å². The molecule has 0 aliphatic carbocycles. The number of carbonyl (C=O) groups is 1. The lowest BCUT2D eigenvalue weighted by Gasteiger charge is -2.28. The quantitative estimate of drug-likeness (QED) is 0.875. The fourth-order valence-corrected chi connectivity index (χ4v) is 2.66. The van der Waals surface area contributed by atoms with E-state index in [-0.39, 0.29) is 5.91 Å². The van der Waals surface area contributed by atoms with E-state index >= 15 is 0 Å². The van der Waals surface area contributed by atoms with Crippen LogP contribution < -0.4 is 10.6 Å². The Hall–Kier alpha value is -1.84. The first kappa shape index (κ1) is 15.5.